The molecule has 160 valence electrons. The van der Waals surface area contributed by atoms with Gasteiger partial charge in [0.2, 0.25) is 0 Å². The molecule has 6 heteroatoms. The van der Waals surface area contributed by atoms with Crippen LogP contribution in [-0.4, -0.2) is 35.6 Å². The summed E-state index contributed by atoms with van der Waals surface area (Å²) in [5.41, 5.74) is 2.45. The zero-order valence-electron chi connectivity index (χ0n) is 17.8. The molecule has 6 nitrogen and oxygen atoms in total. The number of nitrogens with zero attached hydrogens (tertiary/aromatic N) is 2. The topological polar surface area (TPSA) is 51.2 Å². The van der Waals surface area contributed by atoms with E-state index in [0.29, 0.717) is 19.7 Å². The van der Waals surface area contributed by atoms with E-state index in [1.54, 1.807) is 11.3 Å². The highest BCUT2D eigenvalue weighted by atomic mass is 16.7. The lowest BCUT2D eigenvalue weighted by Crippen LogP contribution is -2.25. The van der Waals surface area contributed by atoms with Gasteiger partial charge in [-0.1, -0.05) is 35.9 Å². The Hall–Kier alpha value is -2.99. The predicted molar refractivity (Wildman–Crippen MR) is 116 cm³/mol. The van der Waals surface area contributed by atoms with Crippen molar-refractivity contribution >= 4 is 5.97 Å². The predicted octanol–water partition coefficient (Wildman–Crippen LogP) is 4.68. The molecule has 30 heavy (non-hydrogen) atoms. The van der Waals surface area contributed by atoms with Crippen LogP contribution in [0.3, 0.4) is 0 Å². The first-order valence-electron chi connectivity index (χ1n) is 10.4. The minimum absolute atomic E-state index is 0.307. The molecule has 1 aliphatic heterocycles. The van der Waals surface area contributed by atoms with E-state index in [1.165, 1.54) is 12.5 Å². The molecule has 0 saturated heterocycles. The maximum Gasteiger partial charge on any atom is 0.322 e. The third-order valence-corrected chi connectivity index (χ3v) is 4.79. The van der Waals surface area contributed by atoms with E-state index >= 15 is 0 Å². The first-order valence-corrected chi connectivity index (χ1v) is 10.4. The van der Waals surface area contributed by atoms with Crippen molar-refractivity contribution in [3.8, 4) is 5.75 Å². The summed E-state index contributed by atoms with van der Waals surface area (Å²) in [6.45, 7) is 5.84. The minimum atomic E-state index is -0.307. The van der Waals surface area contributed by atoms with Crippen LogP contribution in [0, 0.1) is 0 Å². The number of hydroxylamine groups is 2. The zero-order chi connectivity index (χ0) is 21.2. The quantitative estimate of drug-likeness (QED) is 0.522. The third kappa shape index (κ3) is 7.12. The van der Waals surface area contributed by atoms with E-state index in [0.717, 1.165) is 42.9 Å². The van der Waals surface area contributed by atoms with Crippen molar-refractivity contribution in [1.29, 1.82) is 0 Å². The molecule has 0 bridgehead atoms. The molecule has 0 radical (unpaired) electrons. The second-order valence-electron chi connectivity index (χ2n) is 7.24. The Morgan fingerprint density at radius 1 is 1.27 bits per heavy atom. The molecule has 0 fully saturated rings. The lowest BCUT2D eigenvalue weighted by Gasteiger charge is -2.22. The van der Waals surface area contributed by atoms with E-state index in [4.69, 9.17) is 14.3 Å². The number of benzene rings is 1. The maximum absolute atomic E-state index is 11.1. The summed E-state index contributed by atoms with van der Waals surface area (Å²) in [5, 5.41) is 1.63. The van der Waals surface area contributed by atoms with Crippen molar-refractivity contribution in [2.75, 3.05) is 19.7 Å². The standard InChI is InChI=1S/C24H30N2O4/c1-3-26(30-20(2)27)18-22-9-11-23(12-10-22)28-15-13-25-14-16-29-24(19-25)17-21-7-5-4-6-8-21/h4-5,7,9-12,14,16,19H,3,6,8,13,15,17-18H2,1-2H3. The minimum Gasteiger partial charge on any atom is -0.492 e. The van der Waals surface area contributed by atoms with Crippen LogP contribution >= 0.6 is 0 Å². The molecule has 0 atom stereocenters. The zero-order valence-corrected chi connectivity index (χ0v) is 17.8. The van der Waals surface area contributed by atoms with E-state index in [2.05, 4.69) is 23.1 Å². The normalized spacial score (nSPS) is 15.5. The first-order chi connectivity index (χ1) is 14.6. The summed E-state index contributed by atoms with van der Waals surface area (Å²) in [5.74, 6) is 1.46. The van der Waals surface area contributed by atoms with Gasteiger partial charge in [-0.2, -0.15) is 0 Å². The number of hydrogen-bond acceptors (Lipinski definition) is 6. The second-order valence-corrected chi connectivity index (χ2v) is 7.24. The Balaban J connectivity index is 1.43. The molecule has 2 aliphatic rings. The van der Waals surface area contributed by atoms with E-state index < -0.39 is 0 Å². The molecule has 1 heterocycles. The van der Waals surface area contributed by atoms with Gasteiger partial charge in [0.05, 0.1) is 13.1 Å². The van der Waals surface area contributed by atoms with Crippen molar-refractivity contribution in [3.05, 3.63) is 78.1 Å². The Bertz CT molecular complexity index is 824. The Labute approximate surface area is 178 Å². The molecule has 3 rings (SSSR count). The molecular formula is C24H30N2O4. The Morgan fingerprint density at radius 3 is 2.80 bits per heavy atom. The van der Waals surface area contributed by atoms with Gasteiger partial charge in [0, 0.05) is 32.3 Å². The van der Waals surface area contributed by atoms with Crippen molar-refractivity contribution in [2.24, 2.45) is 0 Å². The summed E-state index contributed by atoms with van der Waals surface area (Å²) in [6, 6.07) is 7.85. The van der Waals surface area contributed by atoms with Crippen molar-refractivity contribution < 1.29 is 19.1 Å². The monoisotopic (exact) mass is 410 g/mol. The van der Waals surface area contributed by atoms with Crippen LogP contribution in [0.2, 0.25) is 0 Å². The molecule has 0 amide bonds. The lowest BCUT2D eigenvalue weighted by atomic mass is 10.0. The van der Waals surface area contributed by atoms with Gasteiger partial charge in [0.1, 0.15) is 24.4 Å². The van der Waals surface area contributed by atoms with Gasteiger partial charge in [-0.15, -0.1) is 5.06 Å². The van der Waals surface area contributed by atoms with Gasteiger partial charge in [-0.25, -0.2) is 0 Å². The highest BCUT2D eigenvalue weighted by Crippen LogP contribution is 2.23. The SMILES string of the molecule is CCN(Cc1ccc(OCCN2C=COC(CC3=CC=CCC3)=C2)cc1)OC(C)=O. The molecule has 1 aliphatic carbocycles. The fourth-order valence-corrected chi connectivity index (χ4v) is 3.26. The summed E-state index contributed by atoms with van der Waals surface area (Å²) >= 11 is 0. The van der Waals surface area contributed by atoms with Crippen LogP contribution in [-0.2, 0) is 20.9 Å². The highest BCUT2D eigenvalue weighted by molar-refractivity contribution is 5.65. The van der Waals surface area contributed by atoms with Gasteiger partial charge in [0.25, 0.3) is 0 Å². The average Bonchev–Trinajstić information content (AvgIpc) is 2.75. The lowest BCUT2D eigenvalue weighted by molar-refractivity contribution is -0.189. The molecule has 0 spiro atoms. The van der Waals surface area contributed by atoms with E-state index in [-0.39, 0.29) is 5.97 Å². The Morgan fingerprint density at radius 2 is 2.10 bits per heavy atom. The number of hydrogen-bond donors (Lipinski definition) is 0. The second kappa shape index (κ2) is 11.3. The fourth-order valence-electron chi connectivity index (χ4n) is 3.26. The Kier molecular flexibility index (Phi) is 8.15. The summed E-state index contributed by atoms with van der Waals surface area (Å²) in [6.07, 6.45) is 15.2. The van der Waals surface area contributed by atoms with Crippen LogP contribution in [0.25, 0.3) is 0 Å². The van der Waals surface area contributed by atoms with Crippen LogP contribution in [0.1, 0.15) is 38.7 Å². The largest absolute Gasteiger partial charge is 0.492 e. The summed E-state index contributed by atoms with van der Waals surface area (Å²) in [7, 11) is 0. The number of carbonyl (C=O) groups is 1. The molecule has 0 unspecified atom stereocenters. The number of carbonyl (C=O) groups excluding carboxylic acids is 1. The van der Waals surface area contributed by atoms with Gasteiger partial charge in [-0.05, 0) is 37.5 Å². The average molecular weight is 411 g/mol. The molecule has 0 saturated carbocycles. The fraction of sp³-hybridized carbons (Fsp3) is 0.375. The highest BCUT2D eigenvalue weighted by Gasteiger charge is 2.11. The van der Waals surface area contributed by atoms with Crippen LogP contribution in [0.4, 0.5) is 0 Å². The molecular weight excluding hydrogens is 380 g/mol. The van der Waals surface area contributed by atoms with Gasteiger partial charge in [0.15, 0.2) is 0 Å². The third-order valence-electron chi connectivity index (χ3n) is 4.79. The van der Waals surface area contributed by atoms with Gasteiger partial charge >= 0.3 is 5.97 Å². The molecule has 1 aromatic rings. The van der Waals surface area contributed by atoms with Gasteiger partial charge in [-0.3, -0.25) is 4.79 Å². The van der Waals surface area contributed by atoms with Crippen LogP contribution in [0.5, 0.6) is 5.75 Å². The maximum atomic E-state index is 11.1. The summed E-state index contributed by atoms with van der Waals surface area (Å²) < 4.78 is 11.5. The van der Waals surface area contributed by atoms with Crippen LogP contribution in [0.15, 0.2) is 72.5 Å². The van der Waals surface area contributed by atoms with Crippen molar-refractivity contribution in [3.63, 3.8) is 0 Å². The molecule has 0 N–H and O–H groups in total. The first kappa shape index (κ1) is 21.7. The molecule has 1 aromatic carbocycles. The smallest absolute Gasteiger partial charge is 0.322 e. The number of allylic oxidation sites excluding steroid dienone is 4. The number of rotatable bonds is 10. The molecule has 0 aromatic heterocycles. The van der Waals surface area contributed by atoms with Crippen molar-refractivity contribution in [1.82, 2.24) is 9.96 Å². The summed E-state index contributed by atoms with van der Waals surface area (Å²) in [4.78, 5) is 18.4. The van der Waals surface area contributed by atoms with E-state index in [1.807, 2.05) is 43.6 Å². The van der Waals surface area contributed by atoms with E-state index in [9.17, 15) is 4.79 Å². The number of ether oxygens (including phenoxy) is 2. The van der Waals surface area contributed by atoms with Crippen LogP contribution < -0.4 is 4.74 Å². The van der Waals surface area contributed by atoms with Crippen molar-refractivity contribution in [2.45, 2.75) is 39.7 Å². The van der Waals surface area contributed by atoms with Gasteiger partial charge < -0.3 is 19.2 Å².